The first-order chi connectivity index (χ1) is 13.3. The Morgan fingerprint density at radius 2 is 1.82 bits per heavy atom. The number of benzene rings is 2. The summed E-state index contributed by atoms with van der Waals surface area (Å²) in [5.74, 6) is -0.821. The van der Waals surface area contributed by atoms with Crippen molar-refractivity contribution in [3.05, 3.63) is 65.5 Å². The molecule has 2 aromatic rings. The summed E-state index contributed by atoms with van der Waals surface area (Å²) in [5, 5.41) is 15.5. The molecule has 0 saturated carbocycles. The van der Waals surface area contributed by atoms with E-state index in [-0.39, 0.29) is 18.4 Å². The lowest BCUT2D eigenvalue weighted by Crippen LogP contribution is -2.50. The number of carbonyl (C=O) groups is 2. The molecule has 0 saturated heterocycles. The third kappa shape index (κ3) is 5.79. The van der Waals surface area contributed by atoms with Gasteiger partial charge in [0.2, 0.25) is 5.91 Å². The Balaban J connectivity index is 1.98. The fraction of sp³-hybridized carbons (Fsp3) is 0.333. The normalized spacial score (nSPS) is 12.9. The molecular formula is C21H25FN2O4. The Morgan fingerprint density at radius 1 is 1.14 bits per heavy atom. The SMILES string of the molecule is COc1ccc(C(=O)NC(C(=O)NCC(O)c2cccc(F)c2)C(C)C)cc1. The minimum absolute atomic E-state index is 0.0933. The quantitative estimate of drug-likeness (QED) is 0.648. The molecule has 0 heterocycles. The Kier molecular flexibility index (Phi) is 7.52. The zero-order chi connectivity index (χ0) is 20.7. The fourth-order valence-corrected chi connectivity index (χ4v) is 2.64. The summed E-state index contributed by atoms with van der Waals surface area (Å²) in [7, 11) is 1.53. The number of ether oxygens (including phenoxy) is 1. The molecule has 0 aliphatic rings. The van der Waals surface area contributed by atoms with Crippen molar-refractivity contribution in [3.8, 4) is 5.75 Å². The average Bonchev–Trinajstić information content (AvgIpc) is 2.69. The number of hydrogen-bond donors (Lipinski definition) is 3. The number of nitrogens with one attached hydrogen (secondary N) is 2. The van der Waals surface area contributed by atoms with Gasteiger partial charge in [0.15, 0.2) is 0 Å². The summed E-state index contributed by atoms with van der Waals surface area (Å²) in [5.41, 5.74) is 0.766. The number of halogens is 1. The second-order valence-electron chi connectivity index (χ2n) is 6.74. The molecule has 150 valence electrons. The molecule has 0 bridgehead atoms. The third-order valence-corrected chi connectivity index (χ3v) is 4.29. The van der Waals surface area contributed by atoms with E-state index in [0.29, 0.717) is 16.9 Å². The van der Waals surface area contributed by atoms with Crippen LogP contribution in [0.25, 0.3) is 0 Å². The molecule has 2 atom stereocenters. The Morgan fingerprint density at radius 3 is 2.39 bits per heavy atom. The summed E-state index contributed by atoms with van der Waals surface area (Å²) < 4.78 is 18.3. The van der Waals surface area contributed by atoms with E-state index in [4.69, 9.17) is 4.74 Å². The van der Waals surface area contributed by atoms with Crippen molar-refractivity contribution >= 4 is 11.8 Å². The van der Waals surface area contributed by atoms with E-state index >= 15 is 0 Å². The number of carbonyl (C=O) groups excluding carboxylic acids is 2. The molecule has 0 fully saturated rings. The molecule has 7 heteroatoms. The van der Waals surface area contributed by atoms with Gasteiger partial charge in [0.1, 0.15) is 17.6 Å². The first kappa shape index (κ1) is 21.4. The van der Waals surface area contributed by atoms with Crippen LogP contribution in [0.2, 0.25) is 0 Å². The standard InChI is InChI=1S/C21H25FN2O4/c1-13(2)19(24-20(26)14-7-9-17(28-3)10-8-14)21(27)23-12-18(25)15-5-4-6-16(22)11-15/h4-11,13,18-19,25H,12H2,1-3H3,(H,23,27)(H,24,26). The minimum Gasteiger partial charge on any atom is -0.497 e. The van der Waals surface area contributed by atoms with E-state index in [9.17, 15) is 19.1 Å². The van der Waals surface area contributed by atoms with Crippen molar-refractivity contribution in [1.29, 1.82) is 0 Å². The van der Waals surface area contributed by atoms with Gasteiger partial charge in [0.05, 0.1) is 13.2 Å². The molecule has 28 heavy (non-hydrogen) atoms. The average molecular weight is 388 g/mol. The molecule has 6 nitrogen and oxygen atoms in total. The summed E-state index contributed by atoms with van der Waals surface area (Å²) in [6, 6.07) is 11.3. The molecule has 3 N–H and O–H groups in total. The van der Waals surface area contributed by atoms with Crippen molar-refractivity contribution in [2.24, 2.45) is 5.92 Å². The molecule has 0 aliphatic heterocycles. The predicted octanol–water partition coefficient (Wildman–Crippen LogP) is 2.44. The molecule has 2 unspecified atom stereocenters. The molecule has 2 amide bonds. The van der Waals surface area contributed by atoms with E-state index in [1.807, 2.05) is 13.8 Å². The van der Waals surface area contributed by atoms with Gasteiger partial charge < -0.3 is 20.5 Å². The largest absolute Gasteiger partial charge is 0.497 e. The van der Waals surface area contributed by atoms with Crippen LogP contribution in [0.15, 0.2) is 48.5 Å². The summed E-state index contributed by atoms with van der Waals surface area (Å²) >= 11 is 0. The van der Waals surface area contributed by atoms with Crippen LogP contribution in [0.5, 0.6) is 5.75 Å². The maximum Gasteiger partial charge on any atom is 0.251 e. The molecule has 2 aromatic carbocycles. The zero-order valence-electron chi connectivity index (χ0n) is 16.1. The highest BCUT2D eigenvalue weighted by atomic mass is 19.1. The Bertz CT molecular complexity index is 808. The molecule has 2 rings (SSSR count). The van der Waals surface area contributed by atoms with E-state index in [2.05, 4.69) is 10.6 Å². The van der Waals surface area contributed by atoms with Gasteiger partial charge in [-0.25, -0.2) is 4.39 Å². The van der Waals surface area contributed by atoms with Gasteiger partial charge in [0, 0.05) is 12.1 Å². The lowest BCUT2D eigenvalue weighted by atomic mass is 10.0. The van der Waals surface area contributed by atoms with E-state index in [1.165, 1.54) is 25.3 Å². The maximum absolute atomic E-state index is 13.3. The third-order valence-electron chi connectivity index (χ3n) is 4.29. The van der Waals surface area contributed by atoms with Gasteiger partial charge in [-0.05, 0) is 47.9 Å². The van der Waals surface area contributed by atoms with Gasteiger partial charge in [-0.3, -0.25) is 9.59 Å². The van der Waals surface area contributed by atoms with Gasteiger partial charge in [0.25, 0.3) is 5.91 Å². The van der Waals surface area contributed by atoms with Crippen LogP contribution in [0.1, 0.15) is 35.9 Å². The molecule has 0 aromatic heterocycles. The smallest absolute Gasteiger partial charge is 0.251 e. The number of aliphatic hydroxyl groups excluding tert-OH is 1. The first-order valence-electron chi connectivity index (χ1n) is 8.98. The number of aliphatic hydroxyl groups is 1. The van der Waals surface area contributed by atoms with Crippen LogP contribution in [-0.2, 0) is 4.79 Å². The van der Waals surface area contributed by atoms with Crippen LogP contribution in [0.3, 0.4) is 0 Å². The first-order valence-corrected chi connectivity index (χ1v) is 8.98. The molecule has 0 aliphatic carbocycles. The van der Waals surface area contributed by atoms with Crippen LogP contribution < -0.4 is 15.4 Å². The number of rotatable bonds is 8. The molecule has 0 spiro atoms. The van der Waals surface area contributed by atoms with Gasteiger partial charge in [-0.15, -0.1) is 0 Å². The van der Waals surface area contributed by atoms with Crippen molar-refractivity contribution in [2.75, 3.05) is 13.7 Å². The number of hydrogen-bond acceptors (Lipinski definition) is 4. The van der Waals surface area contributed by atoms with Crippen LogP contribution >= 0.6 is 0 Å². The van der Waals surface area contributed by atoms with E-state index < -0.39 is 23.9 Å². The Hall–Kier alpha value is -2.93. The topological polar surface area (TPSA) is 87.7 Å². The number of amides is 2. The second-order valence-corrected chi connectivity index (χ2v) is 6.74. The van der Waals surface area contributed by atoms with Crippen LogP contribution in [-0.4, -0.2) is 36.6 Å². The van der Waals surface area contributed by atoms with Crippen LogP contribution in [0.4, 0.5) is 4.39 Å². The molecule has 0 radical (unpaired) electrons. The monoisotopic (exact) mass is 388 g/mol. The van der Waals surface area contributed by atoms with Crippen molar-refractivity contribution in [3.63, 3.8) is 0 Å². The lowest BCUT2D eigenvalue weighted by Gasteiger charge is -2.23. The van der Waals surface area contributed by atoms with Gasteiger partial charge in [-0.2, -0.15) is 0 Å². The van der Waals surface area contributed by atoms with Gasteiger partial charge >= 0.3 is 0 Å². The minimum atomic E-state index is -1.05. The molecular weight excluding hydrogens is 363 g/mol. The highest BCUT2D eigenvalue weighted by Crippen LogP contribution is 2.14. The van der Waals surface area contributed by atoms with E-state index in [0.717, 1.165) is 0 Å². The van der Waals surface area contributed by atoms with Crippen molar-refractivity contribution in [1.82, 2.24) is 10.6 Å². The van der Waals surface area contributed by atoms with E-state index in [1.54, 1.807) is 30.3 Å². The lowest BCUT2D eigenvalue weighted by molar-refractivity contribution is -0.124. The predicted molar refractivity (Wildman–Crippen MR) is 103 cm³/mol. The zero-order valence-corrected chi connectivity index (χ0v) is 16.1. The Labute approximate surface area is 163 Å². The highest BCUT2D eigenvalue weighted by molar-refractivity contribution is 5.97. The highest BCUT2D eigenvalue weighted by Gasteiger charge is 2.25. The second kappa shape index (κ2) is 9.85. The summed E-state index contributed by atoms with van der Waals surface area (Å²) in [4.78, 5) is 25.0. The summed E-state index contributed by atoms with van der Waals surface area (Å²) in [6.07, 6.45) is -1.05. The van der Waals surface area contributed by atoms with Gasteiger partial charge in [-0.1, -0.05) is 26.0 Å². The van der Waals surface area contributed by atoms with Crippen LogP contribution in [0, 0.1) is 11.7 Å². The maximum atomic E-state index is 13.3. The van der Waals surface area contributed by atoms with Crippen molar-refractivity contribution in [2.45, 2.75) is 26.0 Å². The van der Waals surface area contributed by atoms with Crippen molar-refractivity contribution < 1.29 is 23.8 Å². The summed E-state index contributed by atoms with van der Waals surface area (Å²) in [6.45, 7) is 3.52. The number of methoxy groups -OCH3 is 1. The fourth-order valence-electron chi connectivity index (χ4n) is 2.64.